The molecule has 9 aliphatic rings. The molecule has 20 atom stereocenters. The van der Waals surface area contributed by atoms with E-state index in [4.69, 9.17) is 57.1 Å². The van der Waals surface area contributed by atoms with Gasteiger partial charge in [0.1, 0.15) is 35.5 Å². The highest BCUT2D eigenvalue weighted by Crippen LogP contribution is 2.45. The monoisotopic (exact) mass is 1020 g/mol. The summed E-state index contributed by atoms with van der Waals surface area (Å²) in [5.74, 6) is -7.59. The van der Waals surface area contributed by atoms with E-state index in [1.807, 2.05) is 26.0 Å². The van der Waals surface area contributed by atoms with Crippen molar-refractivity contribution in [2.75, 3.05) is 28.4 Å². The van der Waals surface area contributed by atoms with E-state index < -0.39 is 83.7 Å². The Morgan fingerprint density at radius 2 is 0.712 bits per heavy atom. The summed E-state index contributed by atoms with van der Waals surface area (Å²) < 4.78 is 56.1. The molecule has 20 unspecified atom stereocenters. The first-order valence-corrected chi connectivity index (χ1v) is 22.5. The molecule has 0 radical (unpaired) electrons. The van der Waals surface area contributed by atoms with E-state index in [0.29, 0.717) is 0 Å². The van der Waals surface area contributed by atoms with Crippen LogP contribution in [0.25, 0.3) is 0 Å². The molecular formula is C50H56O23. The first kappa shape index (κ1) is 58.5. The van der Waals surface area contributed by atoms with Crippen LogP contribution in [0.3, 0.4) is 0 Å². The van der Waals surface area contributed by atoms with Gasteiger partial charge in [0.2, 0.25) is 0 Å². The molecule has 0 saturated carbocycles. The average molecular weight is 1020 g/mol. The molecule has 394 valence electrons. The highest BCUT2D eigenvalue weighted by Gasteiger charge is 2.60. The molecule has 7 fully saturated rings. The van der Waals surface area contributed by atoms with Gasteiger partial charge in [0, 0.05) is 11.8 Å². The zero-order valence-electron chi connectivity index (χ0n) is 40.5. The largest absolute Gasteiger partial charge is 0.469 e. The molecule has 9 aliphatic heterocycles. The Labute approximate surface area is 418 Å². The summed E-state index contributed by atoms with van der Waals surface area (Å²) in [6, 6.07) is 0. The number of carbonyl (C=O) groups excluding carboxylic acids is 12. The van der Waals surface area contributed by atoms with E-state index in [2.05, 4.69) is 40.5 Å². The number of rotatable bonds is 10. The second-order valence-electron chi connectivity index (χ2n) is 17.1. The van der Waals surface area contributed by atoms with Gasteiger partial charge < -0.3 is 52.1 Å². The van der Waals surface area contributed by atoms with Crippen molar-refractivity contribution < 1.29 is 110 Å². The minimum Gasteiger partial charge on any atom is -0.469 e. The fourth-order valence-corrected chi connectivity index (χ4v) is 10.1. The molecule has 0 aromatic carbocycles. The Balaban J connectivity index is 0.000000212. The van der Waals surface area contributed by atoms with Gasteiger partial charge in [-0.1, -0.05) is 74.6 Å². The predicted molar refractivity (Wildman–Crippen MR) is 238 cm³/mol. The van der Waals surface area contributed by atoms with Crippen molar-refractivity contribution in [3.63, 3.8) is 0 Å². The van der Waals surface area contributed by atoms with E-state index in [1.165, 1.54) is 34.5 Å². The third kappa shape index (κ3) is 12.4. The summed E-state index contributed by atoms with van der Waals surface area (Å²) in [6.45, 7) is 18.5. The van der Waals surface area contributed by atoms with E-state index in [0.717, 1.165) is 0 Å². The van der Waals surface area contributed by atoms with Gasteiger partial charge in [0.05, 0.1) is 101 Å². The molecule has 0 aliphatic carbocycles. The van der Waals surface area contributed by atoms with Gasteiger partial charge in [-0.2, -0.15) is 19.2 Å². The molecule has 4 bridgehead atoms. The first-order chi connectivity index (χ1) is 34.9. The third-order valence-electron chi connectivity index (χ3n) is 13.5. The lowest BCUT2D eigenvalue weighted by Gasteiger charge is -2.20. The molecule has 0 aromatic rings. The molecule has 0 spiro atoms. The SMILES string of the molecule is C=CC1OC(/C=C\C2OC(C=C)C3C(=O)OC(=O)C23)C(C(=O)OC)C1C.C=CC1OC(C=C)C(C(=O)OC)C1C.COC(=O)C1C2C=CC(O2)C1C(=O)OC.O=C1OC(=O)C2C3C=CC(O3)C12.O=C=O.O=C=O. The summed E-state index contributed by atoms with van der Waals surface area (Å²) >= 11 is 0. The van der Waals surface area contributed by atoms with E-state index in [1.54, 1.807) is 42.5 Å². The molecule has 73 heavy (non-hydrogen) atoms. The summed E-state index contributed by atoms with van der Waals surface area (Å²) in [7, 11) is 5.31. The van der Waals surface area contributed by atoms with Crippen LogP contribution in [-0.2, 0) is 110 Å². The standard InChI is InChI=1S/C19H22O7.C11H16O3.C10H12O5.C8H6O4.2CO2/c1-5-10-9(3)14(17(20)23-4)12(24-10)7-8-13-16-15(11(6-2)25-13)18(21)26-19(16)22;1-5-8-7(3)10(11(12)13-4)9(6-2)14-8;1-13-9(11)7-5-3-4-6(15-5)8(7)10(12)14-2;9-7-5-3-1-2-4(11-3)6(5)8(10)12-7;2*2-1-3/h5-16H,1-2H2,3-4H3;5-10H,1-2H2,3-4H3;3-8H,1-2H3;1-6H;;/b8-7-;;;;;. The Morgan fingerprint density at radius 1 is 0.425 bits per heavy atom. The number of hydrogen-bond donors (Lipinski definition) is 0. The Kier molecular flexibility index (Phi) is 21.3. The molecule has 9 heterocycles. The second kappa shape index (κ2) is 26.6. The molecule has 7 saturated heterocycles. The van der Waals surface area contributed by atoms with Crippen molar-refractivity contribution in [1.29, 1.82) is 0 Å². The Bertz CT molecular complexity index is 2230. The van der Waals surface area contributed by atoms with Gasteiger partial charge in [-0.3, -0.25) is 38.4 Å². The Hall–Kier alpha value is -7.10. The fraction of sp³-hybridized carbons (Fsp3) is 0.520. The maximum atomic E-state index is 12.1. The van der Waals surface area contributed by atoms with Gasteiger partial charge in [-0.25, -0.2) is 0 Å². The predicted octanol–water partition coefficient (Wildman–Crippen LogP) is 1.12. The average Bonchev–Trinajstić information content (AvgIpc) is 4.28. The summed E-state index contributed by atoms with van der Waals surface area (Å²) in [6.07, 6.45) is 14.0. The normalized spacial score (nSPS) is 37.6. The van der Waals surface area contributed by atoms with Crippen molar-refractivity contribution in [2.45, 2.75) is 74.9 Å². The lowest BCUT2D eigenvalue weighted by Crippen LogP contribution is -2.37. The van der Waals surface area contributed by atoms with Gasteiger partial charge in [-0.05, 0) is 0 Å². The van der Waals surface area contributed by atoms with E-state index in [9.17, 15) is 38.4 Å². The smallest absolute Gasteiger partial charge is 0.373 e. The number of fused-ring (bicyclic) bond motifs is 8. The molecule has 23 heteroatoms. The van der Waals surface area contributed by atoms with Crippen LogP contribution in [0.2, 0.25) is 0 Å². The second-order valence-corrected chi connectivity index (χ2v) is 17.1. The quantitative estimate of drug-likeness (QED) is 0.128. The zero-order valence-corrected chi connectivity index (χ0v) is 40.5. The summed E-state index contributed by atoms with van der Waals surface area (Å²) in [5, 5.41) is 0. The van der Waals surface area contributed by atoms with Crippen molar-refractivity contribution in [1.82, 2.24) is 0 Å². The summed E-state index contributed by atoms with van der Waals surface area (Å²) in [5.41, 5.74) is 0. The number of ether oxygens (including phenoxy) is 11. The van der Waals surface area contributed by atoms with Crippen LogP contribution in [0, 0.1) is 59.2 Å². The Morgan fingerprint density at radius 3 is 1.10 bits per heavy atom. The zero-order chi connectivity index (χ0) is 54.4. The van der Waals surface area contributed by atoms with Crippen molar-refractivity contribution in [2.24, 2.45) is 59.2 Å². The maximum Gasteiger partial charge on any atom is 0.373 e. The molecule has 23 nitrogen and oxygen atoms in total. The van der Waals surface area contributed by atoms with E-state index >= 15 is 0 Å². The van der Waals surface area contributed by atoms with Crippen LogP contribution in [0.1, 0.15) is 13.8 Å². The van der Waals surface area contributed by atoms with Crippen molar-refractivity contribution in [3.8, 4) is 0 Å². The van der Waals surface area contributed by atoms with Crippen LogP contribution in [0.5, 0.6) is 0 Å². The van der Waals surface area contributed by atoms with Crippen LogP contribution in [0.4, 0.5) is 0 Å². The first-order valence-electron chi connectivity index (χ1n) is 22.5. The van der Waals surface area contributed by atoms with Crippen molar-refractivity contribution >= 4 is 60.1 Å². The number of carbonyl (C=O) groups is 8. The highest BCUT2D eigenvalue weighted by atomic mass is 16.6. The minimum atomic E-state index is -0.715. The van der Waals surface area contributed by atoms with Crippen molar-refractivity contribution in [3.05, 3.63) is 87.1 Å². The maximum absolute atomic E-state index is 12.1. The van der Waals surface area contributed by atoms with E-state index in [-0.39, 0.29) is 96.6 Å². The fourth-order valence-electron chi connectivity index (χ4n) is 10.1. The van der Waals surface area contributed by atoms with Gasteiger partial charge in [0.15, 0.2) is 0 Å². The van der Waals surface area contributed by atoms with Crippen LogP contribution in [0.15, 0.2) is 87.1 Å². The molecule has 9 rings (SSSR count). The lowest BCUT2D eigenvalue weighted by atomic mass is 9.83. The molecular weight excluding hydrogens is 969 g/mol. The van der Waals surface area contributed by atoms with Gasteiger partial charge >= 0.3 is 60.1 Å². The van der Waals surface area contributed by atoms with Crippen LogP contribution >= 0.6 is 0 Å². The number of esters is 8. The molecule has 0 amide bonds. The van der Waals surface area contributed by atoms with Gasteiger partial charge in [0.25, 0.3) is 0 Å². The lowest BCUT2D eigenvalue weighted by molar-refractivity contribution is -0.193. The van der Waals surface area contributed by atoms with Crippen LogP contribution < -0.4 is 0 Å². The molecule has 0 N–H and O–H groups in total. The van der Waals surface area contributed by atoms with Crippen LogP contribution in [-0.4, -0.2) is 150 Å². The third-order valence-corrected chi connectivity index (χ3v) is 13.5. The topological polar surface area (TPSA) is 306 Å². The number of methoxy groups -OCH3 is 4. The number of hydrogen-bond acceptors (Lipinski definition) is 23. The summed E-state index contributed by atoms with van der Waals surface area (Å²) in [4.78, 5) is 125. The number of cyclic esters (lactones) is 4. The van der Waals surface area contributed by atoms with Gasteiger partial charge in [-0.15, -0.1) is 26.3 Å². The highest BCUT2D eigenvalue weighted by molar-refractivity contribution is 5.99. The minimum absolute atomic E-state index is 0.0861. The molecule has 0 aromatic heterocycles.